The van der Waals surface area contributed by atoms with Crippen molar-refractivity contribution in [2.75, 3.05) is 59.8 Å². The maximum absolute atomic E-state index is 10.5. The normalized spacial score (nSPS) is 19.4. The van der Waals surface area contributed by atoms with E-state index in [-0.39, 0.29) is 6.10 Å². The van der Waals surface area contributed by atoms with E-state index < -0.39 is 0 Å². The molecule has 0 bridgehead atoms. The molecule has 1 amide bonds. The molecule has 0 N–H and O–H groups in total. The zero-order valence-electron chi connectivity index (χ0n) is 11.0. The summed E-state index contributed by atoms with van der Waals surface area (Å²) in [5.74, 6) is 0. The van der Waals surface area contributed by atoms with Crippen molar-refractivity contribution < 1.29 is 23.7 Å². The molecule has 18 heavy (non-hydrogen) atoms. The Morgan fingerprint density at radius 2 is 1.78 bits per heavy atom. The van der Waals surface area contributed by atoms with Crippen LogP contribution in [0.2, 0.25) is 0 Å². The number of likely N-dealkylation sites (tertiary alicyclic amines) is 1. The average Bonchev–Trinajstić information content (AvgIpc) is 2.85. The first-order chi connectivity index (χ1) is 8.86. The molecular weight excluding hydrogens is 238 g/mol. The molecule has 0 aliphatic carbocycles. The Kier molecular flexibility index (Phi) is 8.75. The van der Waals surface area contributed by atoms with Crippen LogP contribution in [0.1, 0.15) is 6.42 Å². The van der Waals surface area contributed by atoms with E-state index in [1.54, 1.807) is 12.0 Å². The zero-order chi connectivity index (χ0) is 13.1. The third-order valence-corrected chi connectivity index (χ3v) is 2.71. The van der Waals surface area contributed by atoms with Crippen LogP contribution in [0.4, 0.5) is 0 Å². The van der Waals surface area contributed by atoms with Gasteiger partial charge in [0.25, 0.3) is 0 Å². The van der Waals surface area contributed by atoms with E-state index >= 15 is 0 Å². The molecular formula is C12H23NO5. The van der Waals surface area contributed by atoms with Crippen LogP contribution in [-0.2, 0) is 23.7 Å². The summed E-state index contributed by atoms with van der Waals surface area (Å²) in [5, 5.41) is 0. The van der Waals surface area contributed by atoms with E-state index in [2.05, 4.69) is 0 Å². The number of nitrogens with zero attached hydrogens (tertiary/aromatic N) is 1. The second kappa shape index (κ2) is 10.3. The topological polar surface area (TPSA) is 57.2 Å². The first kappa shape index (κ1) is 15.4. The molecule has 0 spiro atoms. The van der Waals surface area contributed by atoms with Gasteiger partial charge in [-0.25, -0.2) is 0 Å². The highest BCUT2D eigenvalue weighted by atomic mass is 16.6. The Labute approximate surface area is 108 Å². The molecule has 1 heterocycles. The minimum atomic E-state index is 0.164. The van der Waals surface area contributed by atoms with Crippen molar-refractivity contribution in [3.8, 4) is 0 Å². The van der Waals surface area contributed by atoms with Crippen LogP contribution in [0.5, 0.6) is 0 Å². The summed E-state index contributed by atoms with van der Waals surface area (Å²) >= 11 is 0. The molecule has 6 heteroatoms. The van der Waals surface area contributed by atoms with Crippen molar-refractivity contribution in [1.82, 2.24) is 4.90 Å². The van der Waals surface area contributed by atoms with E-state index in [9.17, 15) is 4.79 Å². The number of amides is 1. The van der Waals surface area contributed by atoms with Crippen molar-refractivity contribution in [3.63, 3.8) is 0 Å². The molecule has 0 aromatic rings. The van der Waals surface area contributed by atoms with E-state index in [0.717, 1.165) is 19.4 Å². The van der Waals surface area contributed by atoms with Gasteiger partial charge in [0.15, 0.2) is 0 Å². The maximum atomic E-state index is 10.5. The van der Waals surface area contributed by atoms with E-state index in [4.69, 9.17) is 18.9 Å². The molecule has 1 fully saturated rings. The van der Waals surface area contributed by atoms with Crippen LogP contribution < -0.4 is 0 Å². The number of hydrogen-bond acceptors (Lipinski definition) is 5. The Balaban J connectivity index is 1.80. The van der Waals surface area contributed by atoms with Gasteiger partial charge in [-0.05, 0) is 6.42 Å². The molecule has 1 aliphatic rings. The van der Waals surface area contributed by atoms with Crippen LogP contribution in [-0.4, -0.2) is 77.3 Å². The quantitative estimate of drug-likeness (QED) is 0.384. The third-order valence-electron chi connectivity index (χ3n) is 2.71. The van der Waals surface area contributed by atoms with Crippen LogP contribution >= 0.6 is 0 Å². The summed E-state index contributed by atoms with van der Waals surface area (Å²) in [7, 11) is 1.64. The maximum Gasteiger partial charge on any atom is 0.209 e. The number of carbonyl (C=O) groups is 1. The van der Waals surface area contributed by atoms with Crippen molar-refractivity contribution in [2.24, 2.45) is 0 Å². The summed E-state index contributed by atoms with van der Waals surface area (Å²) in [6.07, 6.45) is 1.95. The van der Waals surface area contributed by atoms with Gasteiger partial charge in [0.2, 0.25) is 6.41 Å². The molecule has 0 radical (unpaired) electrons. The lowest BCUT2D eigenvalue weighted by Crippen LogP contribution is -2.23. The van der Waals surface area contributed by atoms with Gasteiger partial charge in [-0.15, -0.1) is 0 Å². The Bertz CT molecular complexity index is 215. The lowest BCUT2D eigenvalue weighted by molar-refractivity contribution is -0.117. The van der Waals surface area contributed by atoms with Crippen molar-refractivity contribution in [1.29, 1.82) is 0 Å². The lowest BCUT2D eigenvalue weighted by atomic mass is 10.3. The van der Waals surface area contributed by atoms with Gasteiger partial charge in [-0.2, -0.15) is 0 Å². The number of carbonyl (C=O) groups excluding carboxylic acids is 1. The predicted molar refractivity (Wildman–Crippen MR) is 65.5 cm³/mol. The fourth-order valence-corrected chi connectivity index (χ4v) is 1.72. The number of rotatable bonds is 11. The number of ether oxygens (including phenoxy) is 4. The minimum absolute atomic E-state index is 0.164. The summed E-state index contributed by atoms with van der Waals surface area (Å²) in [4.78, 5) is 12.2. The molecule has 0 aromatic carbocycles. The highest BCUT2D eigenvalue weighted by Crippen LogP contribution is 2.10. The summed E-state index contributed by atoms with van der Waals surface area (Å²) < 4.78 is 21.0. The van der Waals surface area contributed by atoms with Gasteiger partial charge in [0.1, 0.15) is 0 Å². The highest BCUT2D eigenvalue weighted by molar-refractivity contribution is 5.47. The van der Waals surface area contributed by atoms with Crippen LogP contribution in [0, 0.1) is 0 Å². The summed E-state index contributed by atoms with van der Waals surface area (Å²) in [6.45, 7) is 4.97. The van der Waals surface area contributed by atoms with Crippen molar-refractivity contribution in [3.05, 3.63) is 0 Å². The third kappa shape index (κ3) is 6.90. The molecule has 1 aliphatic heterocycles. The van der Waals surface area contributed by atoms with Gasteiger partial charge in [0.05, 0.1) is 45.7 Å². The molecule has 1 saturated heterocycles. The minimum Gasteiger partial charge on any atom is -0.382 e. The van der Waals surface area contributed by atoms with Crippen molar-refractivity contribution in [2.45, 2.75) is 12.5 Å². The van der Waals surface area contributed by atoms with Gasteiger partial charge < -0.3 is 23.8 Å². The molecule has 0 saturated carbocycles. The summed E-state index contributed by atoms with van der Waals surface area (Å²) in [6, 6.07) is 0. The second-order valence-corrected chi connectivity index (χ2v) is 4.10. The molecule has 6 nitrogen and oxygen atoms in total. The van der Waals surface area contributed by atoms with Gasteiger partial charge in [-0.3, -0.25) is 4.79 Å². The Morgan fingerprint density at radius 1 is 1.11 bits per heavy atom. The molecule has 0 aromatic heterocycles. The largest absolute Gasteiger partial charge is 0.382 e. The number of methoxy groups -OCH3 is 1. The SMILES string of the molecule is COCCOCCOCCOC1CCN(C=O)C1. The smallest absolute Gasteiger partial charge is 0.209 e. The first-order valence-electron chi connectivity index (χ1n) is 6.32. The fourth-order valence-electron chi connectivity index (χ4n) is 1.72. The van der Waals surface area contributed by atoms with E-state index in [1.807, 2.05) is 0 Å². The fraction of sp³-hybridized carbons (Fsp3) is 0.917. The molecule has 1 atom stereocenters. The Morgan fingerprint density at radius 3 is 2.39 bits per heavy atom. The molecule has 1 unspecified atom stereocenters. The summed E-state index contributed by atoms with van der Waals surface area (Å²) in [5.41, 5.74) is 0. The van der Waals surface area contributed by atoms with Crippen LogP contribution in [0.25, 0.3) is 0 Å². The van der Waals surface area contributed by atoms with E-state index in [0.29, 0.717) is 46.2 Å². The molecule has 1 rings (SSSR count). The van der Waals surface area contributed by atoms with Gasteiger partial charge >= 0.3 is 0 Å². The van der Waals surface area contributed by atoms with Crippen LogP contribution in [0.15, 0.2) is 0 Å². The van der Waals surface area contributed by atoms with Gasteiger partial charge in [0, 0.05) is 20.2 Å². The number of hydrogen-bond donors (Lipinski definition) is 0. The Hall–Kier alpha value is -0.690. The lowest BCUT2D eigenvalue weighted by Gasteiger charge is -2.12. The van der Waals surface area contributed by atoms with Gasteiger partial charge in [-0.1, -0.05) is 0 Å². The standard InChI is InChI=1S/C12H23NO5/c1-15-4-5-16-6-7-17-8-9-18-12-2-3-13(10-12)11-14/h11-12H,2-10H2,1H3. The molecule has 106 valence electrons. The second-order valence-electron chi connectivity index (χ2n) is 4.10. The zero-order valence-corrected chi connectivity index (χ0v) is 11.0. The van der Waals surface area contributed by atoms with E-state index in [1.165, 1.54) is 0 Å². The van der Waals surface area contributed by atoms with Crippen molar-refractivity contribution >= 4 is 6.41 Å². The average molecular weight is 261 g/mol. The monoisotopic (exact) mass is 261 g/mol. The first-order valence-corrected chi connectivity index (χ1v) is 6.32. The predicted octanol–water partition coefficient (Wildman–Crippen LogP) is -0.0867. The van der Waals surface area contributed by atoms with Crippen LogP contribution in [0.3, 0.4) is 0 Å². The highest BCUT2D eigenvalue weighted by Gasteiger charge is 2.21.